The predicted octanol–water partition coefficient (Wildman–Crippen LogP) is 4.08. The number of carbonyl (C=O) groups is 2. The monoisotopic (exact) mass is 454 g/mol. The first-order valence-electron chi connectivity index (χ1n) is 7.30. The van der Waals surface area contributed by atoms with E-state index in [1.165, 1.54) is 0 Å². The van der Waals surface area contributed by atoms with Crippen molar-refractivity contribution in [3.05, 3.63) is 62.5 Å². The van der Waals surface area contributed by atoms with E-state index in [4.69, 9.17) is 4.74 Å². The maximum atomic E-state index is 12.4. The molecule has 0 heterocycles. The van der Waals surface area contributed by atoms with Crippen molar-refractivity contribution in [3.8, 4) is 5.75 Å². The summed E-state index contributed by atoms with van der Waals surface area (Å²) in [7, 11) is 0. The molecule has 0 aliphatic heterocycles. The van der Waals surface area contributed by atoms with E-state index in [1.54, 1.807) is 42.5 Å². The van der Waals surface area contributed by atoms with Gasteiger partial charge in [0, 0.05) is 8.95 Å². The molecule has 2 aromatic rings. The summed E-state index contributed by atoms with van der Waals surface area (Å²) >= 11 is 6.63. The lowest BCUT2D eigenvalue weighted by atomic mass is 10.2. The fraction of sp³-hybridized carbons (Fsp3) is 0.176. The summed E-state index contributed by atoms with van der Waals surface area (Å²) < 4.78 is 6.96. The zero-order chi connectivity index (χ0) is 17.5. The number of hydrogen-bond acceptors (Lipinski definition) is 3. The first-order chi connectivity index (χ1) is 11.5. The van der Waals surface area contributed by atoms with Crippen LogP contribution in [0.25, 0.3) is 0 Å². The van der Waals surface area contributed by atoms with Gasteiger partial charge in [0.1, 0.15) is 5.75 Å². The van der Waals surface area contributed by atoms with E-state index in [0.29, 0.717) is 28.0 Å². The normalized spacial score (nSPS) is 10.1. The van der Waals surface area contributed by atoms with Gasteiger partial charge in [-0.15, -0.1) is 0 Å². The van der Waals surface area contributed by atoms with Crippen LogP contribution in [-0.2, 0) is 0 Å². The van der Waals surface area contributed by atoms with Crippen molar-refractivity contribution in [2.75, 3.05) is 6.61 Å². The summed E-state index contributed by atoms with van der Waals surface area (Å²) in [6, 6.07) is 12.1. The Labute approximate surface area is 157 Å². The van der Waals surface area contributed by atoms with Crippen LogP contribution in [0.15, 0.2) is 51.4 Å². The molecule has 2 amide bonds. The zero-order valence-corrected chi connectivity index (χ0v) is 16.1. The number of carbonyl (C=O) groups excluding carboxylic acids is 2. The molecule has 0 aliphatic carbocycles. The van der Waals surface area contributed by atoms with Crippen molar-refractivity contribution in [3.63, 3.8) is 0 Å². The standard InChI is InChI=1S/C17H16Br2N2O3/c1-2-9-24-15-8-7-11(18)10-13(15)17(23)21-20-16(22)12-5-3-4-6-14(12)19/h3-8,10H,2,9H2,1H3,(H,20,22)(H,21,23). The summed E-state index contributed by atoms with van der Waals surface area (Å²) in [4.78, 5) is 24.5. The van der Waals surface area contributed by atoms with E-state index in [2.05, 4.69) is 42.7 Å². The molecule has 0 radical (unpaired) electrons. The minimum absolute atomic E-state index is 0.338. The second-order valence-corrected chi connectivity index (χ2v) is 6.65. The number of hydrogen-bond donors (Lipinski definition) is 2. The van der Waals surface area contributed by atoms with Gasteiger partial charge in [-0.3, -0.25) is 20.4 Å². The average molecular weight is 456 g/mol. The molecule has 2 rings (SSSR count). The summed E-state index contributed by atoms with van der Waals surface area (Å²) in [5.74, 6) is -0.405. The molecule has 5 nitrogen and oxygen atoms in total. The van der Waals surface area contributed by atoms with Gasteiger partial charge < -0.3 is 4.74 Å². The molecule has 0 aromatic heterocycles. The molecule has 0 saturated heterocycles. The van der Waals surface area contributed by atoms with Crippen LogP contribution in [0, 0.1) is 0 Å². The van der Waals surface area contributed by atoms with E-state index in [-0.39, 0.29) is 0 Å². The fourth-order valence-electron chi connectivity index (χ4n) is 1.91. The highest BCUT2D eigenvalue weighted by molar-refractivity contribution is 9.10. The summed E-state index contributed by atoms with van der Waals surface area (Å²) in [5, 5.41) is 0. The van der Waals surface area contributed by atoms with E-state index < -0.39 is 11.8 Å². The van der Waals surface area contributed by atoms with E-state index in [1.807, 2.05) is 6.92 Å². The first-order valence-corrected chi connectivity index (χ1v) is 8.89. The van der Waals surface area contributed by atoms with Crippen LogP contribution in [0.5, 0.6) is 5.75 Å². The molecule has 0 spiro atoms. The minimum atomic E-state index is -0.456. The minimum Gasteiger partial charge on any atom is -0.493 e. The Balaban J connectivity index is 2.08. The molecule has 0 fully saturated rings. The highest BCUT2D eigenvalue weighted by atomic mass is 79.9. The number of hydrazine groups is 1. The number of rotatable bonds is 5. The summed E-state index contributed by atoms with van der Waals surface area (Å²) in [6.07, 6.45) is 0.829. The molecule has 0 unspecified atom stereocenters. The van der Waals surface area contributed by atoms with E-state index in [9.17, 15) is 9.59 Å². The average Bonchev–Trinajstić information content (AvgIpc) is 2.58. The second kappa shape index (κ2) is 8.84. The Morgan fingerprint density at radius 1 is 1.00 bits per heavy atom. The quantitative estimate of drug-likeness (QED) is 0.667. The van der Waals surface area contributed by atoms with E-state index >= 15 is 0 Å². The fourth-order valence-corrected chi connectivity index (χ4v) is 2.74. The molecule has 2 N–H and O–H groups in total. The van der Waals surface area contributed by atoms with Gasteiger partial charge in [-0.1, -0.05) is 35.0 Å². The van der Waals surface area contributed by atoms with Gasteiger partial charge in [-0.2, -0.15) is 0 Å². The van der Waals surface area contributed by atoms with Crippen molar-refractivity contribution in [2.45, 2.75) is 13.3 Å². The molecule has 24 heavy (non-hydrogen) atoms. The maximum Gasteiger partial charge on any atom is 0.273 e. The van der Waals surface area contributed by atoms with Gasteiger partial charge in [-0.25, -0.2) is 0 Å². The van der Waals surface area contributed by atoms with Crippen molar-refractivity contribution in [2.24, 2.45) is 0 Å². The van der Waals surface area contributed by atoms with Gasteiger partial charge in [0.25, 0.3) is 11.8 Å². The maximum absolute atomic E-state index is 12.4. The first kappa shape index (κ1) is 18.5. The Bertz CT molecular complexity index is 750. The van der Waals surface area contributed by atoms with Gasteiger partial charge >= 0.3 is 0 Å². The zero-order valence-electron chi connectivity index (χ0n) is 12.9. The predicted molar refractivity (Wildman–Crippen MR) is 99.0 cm³/mol. The third-order valence-corrected chi connectivity index (χ3v) is 4.24. The van der Waals surface area contributed by atoms with Crippen LogP contribution >= 0.6 is 31.9 Å². The number of ether oxygens (including phenoxy) is 1. The van der Waals surface area contributed by atoms with Gasteiger partial charge in [-0.05, 0) is 52.7 Å². The lowest BCUT2D eigenvalue weighted by molar-refractivity contribution is 0.0844. The molecule has 0 atom stereocenters. The number of nitrogens with one attached hydrogen (secondary N) is 2. The van der Waals surface area contributed by atoms with Crippen LogP contribution in [0.2, 0.25) is 0 Å². The van der Waals surface area contributed by atoms with Crippen LogP contribution in [0.1, 0.15) is 34.1 Å². The smallest absolute Gasteiger partial charge is 0.273 e. The van der Waals surface area contributed by atoms with Gasteiger partial charge in [0.2, 0.25) is 0 Å². The van der Waals surface area contributed by atoms with Gasteiger partial charge in [0.15, 0.2) is 0 Å². The second-order valence-electron chi connectivity index (χ2n) is 4.88. The molecule has 7 heteroatoms. The molecule has 0 bridgehead atoms. The van der Waals surface area contributed by atoms with Crippen LogP contribution < -0.4 is 15.6 Å². The molecular formula is C17H16Br2N2O3. The topological polar surface area (TPSA) is 67.4 Å². The number of benzene rings is 2. The lowest BCUT2D eigenvalue weighted by Crippen LogP contribution is -2.41. The number of amides is 2. The van der Waals surface area contributed by atoms with Crippen molar-refractivity contribution in [1.82, 2.24) is 10.9 Å². The third-order valence-electron chi connectivity index (χ3n) is 3.06. The van der Waals surface area contributed by atoms with Crippen molar-refractivity contribution >= 4 is 43.7 Å². The molecule has 126 valence electrons. The van der Waals surface area contributed by atoms with Crippen molar-refractivity contribution < 1.29 is 14.3 Å². The highest BCUT2D eigenvalue weighted by Gasteiger charge is 2.15. The SMILES string of the molecule is CCCOc1ccc(Br)cc1C(=O)NNC(=O)c1ccccc1Br. The van der Waals surface area contributed by atoms with Crippen LogP contribution in [0.3, 0.4) is 0 Å². The van der Waals surface area contributed by atoms with Crippen LogP contribution in [0.4, 0.5) is 0 Å². The summed E-state index contributed by atoms with van der Waals surface area (Å²) in [5.41, 5.74) is 5.57. The highest BCUT2D eigenvalue weighted by Crippen LogP contribution is 2.23. The summed E-state index contributed by atoms with van der Waals surface area (Å²) in [6.45, 7) is 2.49. The van der Waals surface area contributed by atoms with E-state index in [0.717, 1.165) is 10.9 Å². The number of halogens is 2. The van der Waals surface area contributed by atoms with Gasteiger partial charge in [0.05, 0.1) is 17.7 Å². The Morgan fingerprint density at radius 3 is 2.33 bits per heavy atom. The Hall–Kier alpha value is -1.86. The third kappa shape index (κ3) is 4.82. The van der Waals surface area contributed by atoms with Crippen molar-refractivity contribution in [1.29, 1.82) is 0 Å². The largest absolute Gasteiger partial charge is 0.493 e. The molecular weight excluding hydrogens is 440 g/mol. The van der Waals surface area contributed by atoms with Crippen LogP contribution in [-0.4, -0.2) is 18.4 Å². The molecule has 2 aromatic carbocycles. The Kier molecular flexibility index (Phi) is 6.81. The lowest BCUT2D eigenvalue weighted by Gasteiger charge is -2.12. The Morgan fingerprint density at radius 2 is 1.67 bits per heavy atom. The molecule has 0 saturated carbocycles. The molecule has 0 aliphatic rings.